The second-order valence-electron chi connectivity index (χ2n) is 5.95. The number of carbonyl (C=O) groups is 1. The highest BCUT2D eigenvalue weighted by molar-refractivity contribution is 5.92. The summed E-state index contributed by atoms with van der Waals surface area (Å²) in [6.07, 6.45) is 2.58. The zero-order valence-electron chi connectivity index (χ0n) is 14.5. The van der Waals surface area contributed by atoms with Crippen LogP contribution in [0.3, 0.4) is 0 Å². The summed E-state index contributed by atoms with van der Waals surface area (Å²) in [5.74, 6) is 0.277. The third-order valence-corrected chi connectivity index (χ3v) is 3.60. The third kappa shape index (κ3) is 5.62. The first-order valence-electron chi connectivity index (χ1n) is 8.13. The molecule has 6 heteroatoms. The lowest BCUT2D eigenvalue weighted by molar-refractivity contribution is 0.0935. The summed E-state index contributed by atoms with van der Waals surface area (Å²) in [6, 6.07) is 11.4. The van der Waals surface area contributed by atoms with Crippen LogP contribution >= 0.6 is 0 Å². The molecule has 2 rings (SSSR count). The van der Waals surface area contributed by atoms with Gasteiger partial charge in [0, 0.05) is 12.7 Å². The molecule has 24 heavy (non-hydrogen) atoms. The molecule has 2 aromatic rings. The van der Waals surface area contributed by atoms with E-state index in [0.717, 1.165) is 25.1 Å². The Morgan fingerprint density at radius 2 is 1.96 bits per heavy atom. The number of amides is 1. The number of hydrogen-bond acceptors (Lipinski definition) is 5. The molecule has 0 saturated heterocycles. The van der Waals surface area contributed by atoms with Gasteiger partial charge in [-0.05, 0) is 45.6 Å². The first-order valence-corrected chi connectivity index (χ1v) is 8.13. The Morgan fingerprint density at radius 1 is 1.21 bits per heavy atom. The van der Waals surface area contributed by atoms with Crippen molar-refractivity contribution in [1.29, 1.82) is 0 Å². The molecule has 1 aromatic carbocycles. The number of benzene rings is 1. The van der Waals surface area contributed by atoms with Crippen molar-refractivity contribution in [2.24, 2.45) is 0 Å². The van der Waals surface area contributed by atoms with Crippen LogP contribution in [0.15, 0.2) is 42.6 Å². The maximum absolute atomic E-state index is 12.4. The first-order chi connectivity index (χ1) is 11.6. The van der Waals surface area contributed by atoms with Gasteiger partial charge in [-0.3, -0.25) is 4.79 Å². The normalized spacial score (nSPS) is 12.0. The Labute approximate surface area is 143 Å². The largest absolute Gasteiger partial charge is 0.354 e. The van der Waals surface area contributed by atoms with Crippen molar-refractivity contribution < 1.29 is 4.79 Å². The molecule has 0 aliphatic carbocycles. The minimum Gasteiger partial charge on any atom is -0.354 e. The van der Waals surface area contributed by atoms with Crippen LogP contribution in [0, 0.1) is 0 Å². The Hall–Kier alpha value is -2.47. The van der Waals surface area contributed by atoms with Crippen molar-refractivity contribution >= 4 is 11.9 Å². The molecule has 128 valence electrons. The minimum absolute atomic E-state index is 0.0786. The summed E-state index contributed by atoms with van der Waals surface area (Å²) < 4.78 is 0. The molecular weight excluding hydrogens is 302 g/mol. The topological polar surface area (TPSA) is 70.2 Å². The summed E-state index contributed by atoms with van der Waals surface area (Å²) in [5, 5.41) is 6.11. The molecule has 0 fully saturated rings. The van der Waals surface area contributed by atoms with Crippen LogP contribution in [-0.4, -0.2) is 48.0 Å². The molecule has 1 unspecified atom stereocenters. The van der Waals surface area contributed by atoms with Crippen molar-refractivity contribution in [3.8, 4) is 0 Å². The van der Waals surface area contributed by atoms with Crippen LogP contribution in [0.5, 0.6) is 0 Å². The number of rotatable bonds is 8. The van der Waals surface area contributed by atoms with Crippen LogP contribution in [0.1, 0.15) is 35.4 Å². The smallest absolute Gasteiger partial charge is 0.270 e. The van der Waals surface area contributed by atoms with Gasteiger partial charge >= 0.3 is 0 Å². The number of nitrogens with zero attached hydrogens (tertiary/aromatic N) is 3. The third-order valence-electron chi connectivity index (χ3n) is 3.60. The van der Waals surface area contributed by atoms with Gasteiger partial charge in [0.25, 0.3) is 5.91 Å². The fraction of sp³-hybridized carbons (Fsp3) is 0.389. The van der Waals surface area contributed by atoms with Crippen LogP contribution in [0.25, 0.3) is 0 Å². The van der Waals surface area contributed by atoms with Gasteiger partial charge in [0.05, 0.1) is 6.04 Å². The van der Waals surface area contributed by atoms with Gasteiger partial charge in [-0.2, -0.15) is 0 Å². The van der Waals surface area contributed by atoms with Gasteiger partial charge in [0.15, 0.2) is 0 Å². The first kappa shape index (κ1) is 17.9. The monoisotopic (exact) mass is 327 g/mol. The lowest BCUT2D eigenvalue weighted by atomic mass is 10.1. The van der Waals surface area contributed by atoms with Gasteiger partial charge in [-0.1, -0.05) is 30.3 Å². The lowest BCUT2D eigenvalue weighted by Gasteiger charge is -2.14. The van der Waals surface area contributed by atoms with Crippen LogP contribution in [-0.2, 0) is 0 Å². The van der Waals surface area contributed by atoms with E-state index < -0.39 is 0 Å². The maximum atomic E-state index is 12.4. The zero-order valence-corrected chi connectivity index (χ0v) is 14.5. The maximum Gasteiger partial charge on any atom is 0.270 e. The van der Waals surface area contributed by atoms with Gasteiger partial charge < -0.3 is 15.5 Å². The standard InChI is InChI=1S/C18H25N5O/c1-14(15-8-5-4-6-9-15)21-17(24)16-10-12-20-18(22-16)19-11-7-13-23(2)3/h4-6,8-10,12,14H,7,11,13H2,1-3H3,(H,21,24)(H,19,20,22). The summed E-state index contributed by atoms with van der Waals surface area (Å²) in [7, 11) is 4.07. The van der Waals surface area contributed by atoms with E-state index in [9.17, 15) is 4.79 Å². The van der Waals surface area contributed by atoms with E-state index in [-0.39, 0.29) is 11.9 Å². The minimum atomic E-state index is -0.204. The van der Waals surface area contributed by atoms with Crippen molar-refractivity contribution in [2.45, 2.75) is 19.4 Å². The predicted octanol–water partition coefficient (Wildman–Crippen LogP) is 2.33. The van der Waals surface area contributed by atoms with Crippen molar-refractivity contribution in [3.05, 3.63) is 53.9 Å². The SMILES string of the molecule is CC(NC(=O)c1ccnc(NCCCN(C)C)n1)c1ccccc1. The number of anilines is 1. The van der Waals surface area contributed by atoms with Crippen molar-refractivity contribution in [3.63, 3.8) is 0 Å². The number of aromatic nitrogens is 2. The summed E-state index contributed by atoms with van der Waals surface area (Å²) >= 11 is 0. The predicted molar refractivity (Wildman–Crippen MR) is 96.0 cm³/mol. The molecular formula is C18H25N5O. The highest BCUT2D eigenvalue weighted by Crippen LogP contribution is 2.12. The van der Waals surface area contributed by atoms with Crippen LogP contribution in [0.4, 0.5) is 5.95 Å². The van der Waals surface area contributed by atoms with E-state index in [1.165, 1.54) is 0 Å². The molecule has 0 aliphatic heterocycles. The Kier molecular flexibility index (Phi) is 6.69. The second-order valence-corrected chi connectivity index (χ2v) is 5.95. The molecule has 6 nitrogen and oxygen atoms in total. The average Bonchev–Trinajstić information content (AvgIpc) is 2.59. The molecule has 1 atom stereocenters. The van der Waals surface area contributed by atoms with E-state index in [1.54, 1.807) is 12.3 Å². The van der Waals surface area contributed by atoms with Crippen LogP contribution < -0.4 is 10.6 Å². The van der Waals surface area contributed by atoms with Crippen LogP contribution in [0.2, 0.25) is 0 Å². The highest BCUT2D eigenvalue weighted by Gasteiger charge is 2.13. The summed E-state index contributed by atoms with van der Waals surface area (Å²) in [5.41, 5.74) is 1.42. The van der Waals surface area contributed by atoms with Gasteiger partial charge in [0.2, 0.25) is 5.95 Å². The van der Waals surface area contributed by atoms with Crippen molar-refractivity contribution in [2.75, 3.05) is 32.5 Å². The Balaban J connectivity index is 1.91. The molecule has 1 aromatic heterocycles. The van der Waals surface area contributed by atoms with E-state index in [4.69, 9.17) is 0 Å². The zero-order chi connectivity index (χ0) is 17.4. The van der Waals surface area contributed by atoms with E-state index in [1.807, 2.05) is 51.4 Å². The number of hydrogen-bond donors (Lipinski definition) is 2. The fourth-order valence-corrected chi connectivity index (χ4v) is 2.26. The number of nitrogens with one attached hydrogen (secondary N) is 2. The Bertz CT molecular complexity index is 645. The Morgan fingerprint density at radius 3 is 2.67 bits per heavy atom. The van der Waals surface area contributed by atoms with E-state index in [0.29, 0.717) is 11.6 Å². The molecule has 0 radical (unpaired) electrons. The molecule has 0 spiro atoms. The molecule has 1 heterocycles. The quantitative estimate of drug-likeness (QED) is 0.728. The molecule has 0 aliphatic rings. The van der Waals surface area contributed by atoms with Crippen molar-refractivity contribution in [1.82, 2.24) is 20.2 Å². The number of carbonyl (C=O) groups excluding carboxylic acids is 1. The average molecular weight is 327 g/mol. The van der Waals surface area contributed by atoms with Gasteiger partial charge in [-0.15, -0.1) is 0 Å². The molecule has 1 amide bonds. The van der Waals surface area contributed by atoms with Gasteiger partial charge in [0.1, 0.15) is 5.69 Å². The molecule has 0 saturated carbocycles. The second kappa shape index (κ2) is 8.98. The van der Waals surface area contributed by atoms with E-state index >= 15 is 0 Å². The fourth-order valence-electron chi connectivity index (χ4n) is 2.26. The molecule has 0 bridgehead atoms. The highest BCUT2D eigenvalue weighted by atomic mass is 16.1. The lowest BCUT2D eigenvalue weighted by Crippen LogP contribution is -2.27. The summed E-state index contributed by atoms with van der Waals surface area (Å²) in [4.78, 5) is 22.9. The molecule has 2 N–H and O–H groups in total. The van der Waals surface area contributed by atoms with Gasteiger partial charge in [-0.25, -0.2) is 9.97 Å². The summed E-state index contributed by atoms with van der Waals surface area (Å²) in [6.45, 7) is 3.71. The van der Waals surface area contributed by atoms with E-state index in [2.05, 4.69) is 25.5 Å².